The fourth-order valence-corrected chi connectivity index (χ4v) is 1.47. The van der Waals surface area contributed by atoms with Crippen LogP contribution in [0.2, 0.25) is 0 Å². The molecule has 0 fully saturated rings. The minimum atomic E-state index is -1.23. The van der Waals surface area contributed by atoms with E-state index in [0.29, 0.717) is 0 Å². The van der Waals surface area contributed by atoms with Gasteiger partial charge >= 0.3 is 17.9 Å². The van der Waals surface area contributed by atoms with E-state index in [1.54, 1.807) is 27.7 Å². The molecule has 3 N–H and O–H groups in total. The molecule has 0 rings (SSSR count). The van der Waals surface area contributed by atoms with Crippen LogP contribution in [-0.4, -0.2) is 41.3 Å². The summed E-state index contributed by atoms with van der Waals surface area (Å²) in [5, 5.41) is 8.49. The van der Waals surface area contributed by atoms with E-state index in [4.69, 9.17) is 20.3 Å². The number of aliphatic carboxylic acids is 1. The van der Waals surface area contributed by atoms with Crippen LogP contribution in [0.3, 0.4) is 0 Å². The molecule has 0 amide bonds. The highest BCUT2D eigenvalue weighted by Crippen LogP contribution is 2.29. The molecule has 0 bridgehead atoms. The van der Waals surface area contributed by atoms with Gasteiger partial charge in [-0.15, -0.1) is 0 Å². The molecule has 0 radical (unpaired) electrons. The molecule has 0 aliphatic carbocycles. The standard InChI is InChI=1S/C14H25NO6/c1-6-14(5,12(19)21-13(2,3)4)10(15)11(18)20-8-7-9(16)17/h10H,6-8,15H2,1-5H3,(H,16,17)/t10-,14-/m1/s1. The van der Waals surface area contributed by atoms with Crippen molar-refractivity contribution in [3.8, 4) is 0 Å². The van der Waals surface area contributed by atoms with E-state index < -0.39 is 35.0 Å². The van der Waals surface area contributed by atoms with Crippen molar-refractivity contribution in [3.63, 3.8) is 0 Å². The molecule has 0 aliphatic heterocycles. The van der Waals surface area contributed by atoms with Gasteiger partial charge in [0, 0.05) is 0 Å². The predicted molar refractivity (Wildman–Crippen MR) is 75.4 cm³/mol. The normalized spacial score (nSPS) is 15.7. The minimum absolute atomic E-state index is 0.282. The Morgan fingerprint density at radius 1 is 1.19 bits per heavy atom. The second kappa shape index (κ2) is 7.40. The molecule has 0 heterocycles. The fraction of sp³-hybridized carbons (Fsp3) is 0.786. The second-order valence-electron chi connectivity index (χ2n) is 6.06. The molecule has 21 heavy (non-hydrogen) atoms. The Kier molecular flexibility index (Phi) is 6.82. The molecule has 0 spiro atoms. The number of hydrogen-bond acceptors (Lipinski definition) is 6. The van der Waals surface area contributed by atoms with Crippen molar-refractivity contribution in [1.29, 1.82) is 0 Å². The summed E-state index contributed by atoms with van der Waals surface area (Å²) in [4.78, 5) is 34.5. The predicted octanol–water partition coefficient (Wildman–Crippen LogP) is 1.09. The van der Waals surface area contributed by atoms with Gasteiger partial charge in [0.25, 0.3) is 0 Å². The number of carbonyl (C=O) groups excluding carboxylic acids is 2. The van der Waals surface area contributed by atoms with E-state index in [1.165, 1.54) is 6.92 Å². The maximum atomic E-state index is 12.2. The molecular weight excluding hydrogens is 278 g/mol. The summed E-state index contributed by atoms with van der Waals surface area (Å²) in [6.07, 6.45) is -0.0230. The lowest BCUT2D eigenvalue weighted by molar-refractivity contribution is -0.173. The average Bonchev–Trinajstić information content (AvgIpc) is 2.34. The van der Waals surface area contributed by atoms with E-state index in [2.05, 4.69) is 0 Å². The van der Waals surface area contributed by atoms with Gasteiger partial charge < -0.3 is 20.3 Å². The first-order chi connectivity index (χ1) is 9.44. The highest BCUT2D eigenvalue weighted by Gasteiger charge is 2.45. The van der Waals surface area contributed by atoms with Gasteiger partial charge in [0.15, 0.2) is 0 Å². The largest absolute Gasteiger partial charge is 0.481 e. The molecule has 0 aliphatic rings. The van der Waals surface area contributed by atoms with Crippen LogP contribution in [0.4, 0.5) is 0 Å². The number of esters is 2. The Bertz CT molecular complexity index is 401. The molecule has 122 valence electrons. The van der Waals surface area contributed by atoms with Crippen molar-refractivity contribution in [2.75, 3.05) is 6.61 Å². The Hall–Kier alpha value is -1.63. The quantitative estimate of drug-likeness (QED) is 0.676. The third kappa shape index (κ3) is 6.12. The molecule has 0 aromatic carbocycles. The summed E-state index contributed by atoms with van der Waals surface area (Å²) in [5.74, 6) is -2.48. The zero-order valence-electron chi connectivity index (χ0n) is 13.3. The minimum Gasteiger partial charge on any atom is -0.481 e. The number of carboxylic acids is 1. The fourth-order valence-electron chi connectivity index (χ4n) is 1.47. The summed E-state index contributed by atoms with van der Waals surface area (Å²) in [6, 6.07) is -1.22. The van der Waals surface area contributed by atoms with Crippen LogP contribution in [0, 0.1) is 5.41 Å². The van der Waals surface area contributed by atoms with E-state index in [9.17, 15) is 14.4 Å². The summed E-state index contributed by atoms with van der Waals surface area (Å²) in [6.45, 7) is 8.13. The summed E-state index contributed by atoms with van der Waals surface area (Å²) in [5.41, 5.74) is 3.90. The highest BCUT2D eigenvalue weighted by molar-refractivity contribution is 5.87. The number of ether oxygens (including phenoxy) is 2. The highest BCUT2D eigenvalue weighted by atomic mass is 16.6. The van der Waals surface area contributed by atoms with E-state index in [0.717, 1.165) is 0 Å². The van der Waals surface area contributed by atoms with Crippen molar-refractivity contribution in [3.05, 3.63) is 0 Å². The molecule has 0 saturated carbocycles. The topological polar surface area (TPSA) is 116 Å². The Morgan fingerprint density at radius 2 is 1.71 bits per heavy atom. The number of carboxylic acid groups (broad SMARTS) is 1. The SMILES string of the molecule is CC[C@@](C)(C(=O)OC(C)(C)C)[C@H](N)C(=O)OCCC(=O)O. The number of carbonyl (C=O) groups is 3. The Morgan fingerprint density at radius 3 is 2.10 bits per heavy atom. The zero-order valence-corrected chi connectivity index (χ0v) is 13.3. The van der Waals surface area contributed by atoms with Crippen LogP contribution < -0.4 is 5.73 Å². The van der Waals surface area contributed by atoms with Crippen LogP contribution in [-0.2, 0) is 23.9 Å². The summed E-state index contributed by atoms with van der Waals surface area (Å²) < 4.78 is 10.1. The average molecular weight is 303 g/mol. The van der Waals surface area contributed by atoms with Crippen LogP contribution in [0.5, 0.6) is 0 Å². The van der Waals surface area contributed by atoms with Gasteiger partial charge in [0.05, 0.1) is 11.8 Å². The van der Waals surface area contributed by atoms with Gasteiger partial charge in [-0.1, -0.05) is 6.92 Å². The van der Waals surface area contributed by atoms with E-state index in [-0.39, 0.29) is 19.4 Å². The lowest BCUT2D eigenvalue weighted by Crippen LogP contribution is -2.52. The first kappa shape index (κ1) is 19.4. The van der Waals surface area contributed by atoms with Crippen molar-refractivity contribution >= 4 is 17.9 Å². The van der Waals surface area contributed by atoms with Gasteiger partial charge in [-0.25, -0.2) is 0 Å². The molecular formula is C14H25NO6. The Balaban J connectivity index is 4.85. The second-order valence-corrected chi connectivity index (χ2v) is 6.06. The number of rotatable bonds is 7. The third-order valence-electron chi connectivity index (χ3n) is 3.10. The molecule has 0 saturated heterocycles. The van der Waals surface area contributed by atoms with Gasteiger partial charge in [0.1, 0.15) is 18.2 Å². The zero-order chi connectivity index (χ0) is 16.8. The molecule has 0 aromatic rings. The first-order valence-electron chi connectivity index (χ1n) is 6.81. The van der Waals surface area contributed by atoms with Crippen LogP contribution >= 0.6 is 0 Å². The Labute approximate surface area is 124 Å². The molecule has 0 aromatic heterocycles. The third-order valence-corrected chi connectivity index (χ3v) is 3.10. The van der Waals surface area contributed by atoms with E-state index in [1.807, 2.05) is 0 Å². The van der Waals surface area contributed by atoms with Crippen molar-refractivity contribution < 1.29 is 29.0 Å². The van der Waals surface area contributed by atoms with Crippen LogP contribution in [0.25, 0.3) is 0 Å². The maximum Gasteiger partial charge on any atom is 0.324 e. The number of hydrogen-bond donors (Lipinski definition) is 2. The van der Waals surface area contributed by atoms with Gasteiger partial charge in [0.2, 0.25) is 0 Å². The summed E-state index contributed by atoms with van der Waals surface area (Å²) in [7, 11) is 0. The molecule has 7 heteroatoms. The summed E-state index contributed by atoms with van der Waals surface area (Å²) >= 11 is 0. The van der Waals surface area contributed by atoms with E-state index >= 15 is 0 Å². The molecule has 7 nitrogen and oxygen atoms in total. The number of nitrogens with two attached hydrogens (primary N) is 1. The lowest BCUT2D eigenvalue weighted by Gasteiger charge is -2.33. The maximum absolute atomic E-state index is 12.2. The van der Waals surface area contributed by atoms with Gasteiger partial charge in [-0.3, -0.25) is 14.4 Å². The lowest BCUT2D eigenvalue weighted by atomic mass is 9.80. The van der Waals surface area contributed by atoms with Crippen molar-refractivity contribution in [2.45, 2.75) is 59.1 Å². The van der Waals surface area contributed by atoms with Crippen molar-refractivity contribution in [1.82, 2.24) is 0 Å². The van der Waals surface area contributed by atoms with Gasteiger partial charge in [-0.05, 0) is 34.1 Å². The molecule has 2 atom stereocenters. The van der Waals surface area contributed by atoms with Crippen LogP contribution in [0.1, 0.15) is 47.5 Å². The van der Waals surface area contributed by atoms with Crippen LogP contribution in [0.15, 0.2) is 0 Å². The monoisotopic (exact) mass is 303 g/mol. The smallest absolute Gasteiger partial charge is 0.324 e. The van der Waals surface area contributed by atoms with Crippen molar-refractivity contribution in [2.24, 2.45) is 11.1 Å². The van der Waals surface area contributed by atoms with Gasteiger partial charge in [-0.2, -0.15) is 0 Å². The molecule has 0 unspecified atom stereocenters. The first-order valence-corrected chi connectivity index (χ1v) is 6.81.